The lowest BCUT2D eigenvalue weighted by molar-refractivity contribution is -0.150. The molecule has 2 atom stereocenters. The van der Waals surface area contributed by atoms with Crippen molar-refractivity contribution >= 4 is 310 Å². The number of halogens is 1. The molecule has 0 aromatic heterocycles. The molecule has 12 nitrogen and oxygen atoms in total. The van der Waals surface area contributed by atoms with Crippen LogP contribution in [0.4, 0.5) is 5.69 Å². The van der Waals surface area contributed by atoms with Crippen LogP contribution in [-0.2, 0) is 55.4 Å². The first-order valence-corrected chi connectivity index (χ1v) is 30.9. The Balaban J connectivity index is 1.11. The minimum Gasteiger partial charge on any atom is -0.468 e. The van der Waals surface area contributed by atoms with Gasteiger partial charge in [0.1, 0.15) is 5.36 Å². The van der Waals surface area contributed by atoms with Gasteiger partial charge in [-0.25, -0.2) is 9.59 Å². The summed E-state index contributed by atoms with van der Waals surface area (Å²) in [7, 11) is 4.78. The number of methoxy groups -OCH3 is 4. The zero-order valence-electron chi connectivity index (χ0n) is 45.9. The molecule has 89 heavy (non-hydrogen) atoms. The normalized spacial score (nSPS) is 20.6. The maximum absolute atomic E-state index is 17.9. The van der Waals surface area contributed by atoms with Crippen LogP contribution in [0.25, 0.3) is 259 Å². The topological polar surface area (TPSA) is 164 Å². The van der Waals surface area contributed by atoms with Gasteiger partial charge in [-0.3, -0.25) is 24.6 Å². The molecule has 0 bridgehead atoms. The standard InChI is InChI=1S/C76H19BrN2O10/c1-86-71(82)66-67(72(83)87-2)76(74(85)89-4)64-56-17(70(76)81)13-9-12-14-15(13)19-24-23-18(14)22-20-16(12)21-26-25(20)29-32-27(22)28(23)33-35-30(24)46(50(19)56)54-48-42(35)39-37(33)36(32)38-34(29)40-31(26)49-52-45(40)44-41(38)43(39)47-51(44)58-60(52)65(75(66,73(84)88-3)63(58)57(53(47)48)59(54)64)62-55(49)61(21)68(69(62)80)79-78-11-7-5-10(77)6-8-11/h5-8,78H,9H2,1-4H3/b67-66-,79-68+. The van der Waals surface area contributed by atoms with Crippen molar-refractivity contribution in [2.24, 2.45) is 5.10 Å². The van der Waals surface area contributed by atoms with Crippen LogP contribution in [0, 0.1) is 0 Å². The van der Waals surface area contributed by atoms with E-state index in [0.717, 1.165) is 152 Å². The van der Waals surface area contributed by atoms with Gasteiger partial charge in [0.15, 0.2) is 16.6 Å². The number of nitrogens with zero attached hydrogens (tertiary/aromatic N) is 1. The lowest BCUT2D eigenvalue weighted by Gasteiger charge is -2.38. The van der Waals surface area contributed by atoms with Gasteiger partial charge in [-0.15, -0.1) is 0 Å². The molecule has 0 amide bonds. The van der Waals surface area contributed by atoms with Crippen LogP contribution in [0.3, 0.4) is 0 Å². The number of hydrogen-bond donors (Lipinski definition) is 1. The predicted molar refractivity (Wildman–Crippen MR) is 349 cm³/mol. The van der Waals surface area contributed by atoms with E-state index in [1.54, 1.807) is 0 Å². The monoisotopic (exact) mass is 1200 g/mol. The van der Waals surface area contributed by atoms with Crippen LogP contribution in [0.2, 0.25) is 0 Å². The number of benzene rings is 17. The van der Waals surface area contributed by atoms with Gasteiger partial charge < -0.3 is 18.9 Å². The third-order valence-corrected chi connectivity index (χ3v) is 26.6. The number of carbonyl (C=O) groups excluding carboxylic acids is 5. The minimum absolute atomic E-state index is 0.127. The van der Waals surface area contributed by atoms with E-state index in [9.17, 15) is 0 Å². The fraction of sp³-hybridized carbons (Fsp3) is 0.0921. The van der Waals surface area contributed by atoms with Crippen molar-refractivity contribution in [3.8, 4) is 0 Å². The lowest BCUT2D eigenvalue weighted by atomic mass is 9.60. The average Bonchev–Trinajstić information content (AvgIpc) is 1.40. The molecular formula is C76H19BrN2O10. The van der Waals surface area contributed by atoms with Gasteiger partial charge >= 0.3 is 23.9 Å². The Labute approximate surface area is 494 Å². The highest BCUT2D eigenvalue weighted by Crippen LogP contribution is 2.79. The lowest BCUT2D eigenvalue weighted by Crippen LogP contribution is -2.52. The second-order valence-electron chi connectivity index (χ2n) is 27.6. The number of esters is 4. The van der Waals surface area contributed by atoms with Gasteiger partial charge in [-0.05, 0) is 273 Å². The number of ketones is 1. The van der Waals surface area contributed by atoms with E-state index < -0.39 is 57.1 Å². The highest BCUT2D eigenvalue weighted by atomic mass is 79.9. The molecule has 0 heterocycles. The summed E-state index contributed by atoms with van der Waals surface area (Å²) in [6.45, 7) is 0. The van der Waals surface area contributed by atoms with E-state index in [-0.39, 0.29) is 33.9 Å². The summed E-state index contributed by atoms with van der Waals surface area (Å²) >= 11 is 3.61. The van der Waals surface area contributed by atoms with Crippen molar-refractivity contribution in [1.82, 2.24) is 0 Å². The van der Waals surface area contributed by atoms with Crippen molar-refractivity contribution in [2.45, 2.75) is 17.3 Å². The Kier molecular flexibility index (Phi) is 4.74. The van der Waals surface area contributed by atoms with Gasteiger partial charge in [0, 0.05) is 54.2 Å². The molecule has 4 aliphatic carbocycles. The first-order valence-electron chi connectivity index (χ1n) is 30.1. The predicted octanol–water partition coefficient (Wildman–Crippen LogP) is 14.9. The van der Waals surface area contributed by atoms with Crippen LogP contribution in [0.15, 0.2) is 49.8 Å². The fourth-order valence-electron chi connectivity index (χ4n) is 24.7. The Bertz CT molecular complexity index is 8310. The van der Waals surface area contributed by atoms with Gasteiger partial charge in [-0.2, -0.15) is 5.10 Å². The Hall–Kier alpha value is -10.9. The third-order valence-electron chi connectivity index (χ3n) is 26.1. The molecule has 0 saturated carbocycles. The molecule has 26 aromatic carbocycles. The Morgan fingerprint density at radius 2 is 0.674 bits per heavy atom. The fourth-order valence-corrected chi connectivity index (χ4v) is 25.0. The molecular weight excluding hydrogens is 1180 g/mol. The van der Waals surface area contributed by atoms with Crippen LogP contribution in [-0.4, -0.2) is 58.1 Å². The summed E-state index contributed by atoms with van der Waals surface area (Å²) < 4.78 is 25.5. The average molecular weight is 1200 g/mol. The summed E-state index contributed by atoms with van der Waals surface area (Å²) in [6, 6.07) is 7.60. The maximum Gasteiger partial charge on any atom is 0.336 e. The van der Waals surface area contributed by atoms with E-state index in [0.29, 0.717) is 49.0 Å². The molecule has 0 radical (unpaired) electrons. The number of carbonyl (C=O) groups is 5. The largest absolute Gasteiger partial charge is 0.468 e. The number of anilines is 1. The van der Waals surface area contributed by atoms with Crippen LogP contribution >= 0.6 is 15.9 Å². The van der Waals surface area contributed by atoms with Gasteiger partial charge in [0.05, 0.1) is 45.3 Å². The zero-order chi connectivity index (χ0) is 57.3. The van der Waals surface area contributed by atoms with Gasteiger partial charge in [-0.1, -0.05) is 15.9 Å². The first-order chi connectivity index (χ1) is 43.6. The van der Waals surface area contributed by atoms with Crippen molar-refractivity contribution in [3.05, 3.63) is 88.8 Å². The first kappa shape index (κ1) is 40.5. The van der Waals surface area contributed by atoms with Crippen molar-refractivity contribution in [3.63, 3.8) is 0 Å². The van der Waals surface area contributed by atoms with E-state index in [4.69, 9.17) is 24.0 Å². The summed E-state index contributed by atoms with van der Waals surface area (Å²) in [4.78, 5) is 103. The summed E-state index contributed by atoms with van der Waals surface area (Å²) in [5, 5.41) is 53.8. The number of nitrogens with one attached hydrogen (secondary N) is 1. The third kappa shape index (κ3) is 2.72. The number of fused-ring (bicyclic) bond motifs is 6. The van der Waals surface area contributed by atoms with E-state index >= 15 is 28.8 Å². The molecule has 0 aliphatic heterocycles. The zero-order valence-corrected chi connectivity index (χ0v) is 47.5. The van der Waals surface area contributed by atoms with E-state index in [1.165, 1.54) is 108 Å². The minimum atomic E-state index is -2.83. The smallest absolute Gasteiger partial charge is 0.336 e. The number of rotatable bonds is 6. The molecule has 1 N–H and O–H groups in total. The molecule has 0 spiro atoms. The number of hydrogen-bond acceptors (Lipinski definition) is 12. The molecule has 0 fully saturated rings. The highest BCUT2D eigenvalue weighted by Gasteiger charge is 2.70. The molecule has 13 heteroatoms. The Morgan fingerprint density at radius 1 is 0.371 bits per heavy atom. The molecule has 26 aromatic rings. The molecule has 2 unspecified atom stereocenters. The highest BCUT2D eigenvalue weighted by molar-refractivity contribution is 9.10. The second kappa shape index (κ2) is 10.4. The van der Waals surface area contributed by atoms with Gasteiger partial charge in [0.25, 0.3) is 0 Å². The number of ether oxygens (including phenoxy) is 4. The van der Waals surface area contributed by atoms with Crippen LogP contribution in [0.5, 0.6) is 0 Å². The van der Waals surface area contributed by atoms with Crippen molar-refractivity contribution < 1.29 is 42.9 Å². The van der Waals surface area contributed by atoms with Crippen molar-refractivity contribution in [2.75, 3.05) is 33.9 Å². The molecule has 0 saturated heterocycles. The van der Waals surface area contributed by atoms with Crippen LogP contribution < -0.4 is 16.2 Å². The van der Waals surface area contributed by atoms with Gasteiger partial charge in [0.2, 0.25) is 5.43 Å². The molecule has 30 rings (SSSR count). The number of Topliss-reactive ketones (excluding diaryl/α,β-unsaturated/α-hetero) is 1. The summed E-state index contributed by atoms with van der Waals surface area (Å²) in [5.41, 5.74) is -0.551. The second-order valence-corrected chi connectivity index (χ2v) is 28.5. The summed E-state index contributed by atoms with van der Waals surface area (Å²) in [6.07, 6.45) is 0.261. The SMILES string of the molecule is COC(=O)/C1=C(\C(=O)OC)C2(C(=O)OC)c3c4c(=O)/c(=N/Nc5ccc(Br)cc5)c5c4c4c6c3c3c2c2c7c8c9c(c%10c%11c%12c(c%13c5c5c%14c%13c%13c%12c%12c%15c%11c9c9c7c7c2c2c3c3c6c(c45)c4c%14c5c%13c%12c6c(c9%15)c7c7c2c3c4c5c76)C%10)C(=O)C18C(=O)OC. The Morgan fingerprint density at radius 3 is 1.08 bits per heavy atom. The molecule has 400 valence electrons. The van der Waals surface area contributed by atoms with Crippen LogP contribution in [0.1, 0.15) is 38.2 Å². The van der Waals surface area contributed by atoms with Crippen molar-refractivity contribution in [1.29, 1.82) is 0 Å². The maximum atomic E-state index is 17.9. The quantitative estimate of drug-likeness (QED) is 0.0554. The summed E-state index contributed by atoms with van der Waals surface area (Å²) in [5.74, 6) is -5.28. The van der Waals surface area contributed by atoms with E-state index in [2.05, 4.69) is 21.4 Å². The molecule has 4 aliphatic rings. The van der Waals surface area contributed by atoms with E-state index in [1.807, 2.05) is 24.3 Å².